The van der Waals surface area contributed by atoms with Gasteiger partial charge >= 0.3 is 7.12 Å². The summed E-state index contributed by atoms with van der Waals surface area (Å²) in [7, 11) is -0.375. The molecule has 1 saturated heterocycles. The molecule has 4 fully saturated rings. The van der Waals surface area contributed by atoms with E-state index >= 15 is 0 Å². The highest BCUT2D eigenvalue weighted by Gasteiger charge is 2.68. The van der Waals surface area contributed by atoms with E-state index in [1.54, 1.807) is 0 Å². The molecule has 5 atom stereocenters. The molecule has 1 heterocycles. The molecule has 5 rings (SSSR count). The Labute approximate surface area is 169 Å². The molecule has 1 aromatic carbocycles. The van der Waals surface area contributed by atoms with Crippen molar-refractivity contribution < 1.29 is 14.1 Å². The molecular weight excluding hydrogens is 349 g/mol. The van der Waals surface area contributed by atoms with Crippen molar-refractivity contribution in [3.8, 4) is 0 Å². The maximum absolute atomic E-state index is 13.0. The zero-order valence-corrected chi connectivity index (χ0v) is 18.1. The Morgan fingerprint density at radius 2 is 1.96 bits per heavy atom. The van der Waals surface area contributed by atoms with Crippen LogP contribution < -0.4 is 5.32 Å². The molecule has 0 aromatic heterocycles. The van der Waals surface area contributed by atoms with E-state index in [1.807, 2.05) is 31.2 Å². The molecule has 0 radical (unpaired) electrons. The third-order valence-electron chi connectivity index (χ3n) is 7.73. The lowest BCUT2D eigenvalue weighted by molar-refractivity contribution is -0.199. The molecule has 2 bridgehead atoms. The van der Waals surface area contributed by atoms with Crippen LogP contribution in [0.2, 0.25) is 0 Å². The fourth-order valence-electron chi connectivity index (χ4n) is 5.89. The normalized spacial score (nSPS) is 34.0. The number of nitrogens with one attached hydrogen (secondary N) is 1. The molecule has 4 aliphatic rings. The Hall–Kier alpha value is -1.33. The van der Waals surface area contributed by atoms with Crippen molar-refractivity contribution in [2.24, 2.45) is 23.2 Å². The Bertz CT molecular complexity index is 764. The van der Waals surface area contributed by atoms with Gasteiger partial charge in [0.05, 0.1) is 17.6 Å². The fourth-order valence-corrected chi connectivity index (χ4v) is 5.89. The lowest BCUT2D eigenvalue weighted by Crippen LogP contribution is -2.65. The number of carbonyl (C=O) groups excluding carboxylic acids is 1. The minimum Gasteiger partial charge on any atom is -0.404 e. The van der Waals surface area contributed by atoms with Gasteiger partial charge in [0, 0.05) is 5.56 Å². The van der Waals surface area contributed by atoms with Gasteiger partial charge in [-0.25, -0.2) is 0 Å². The number of hydrogen-bond acceptors (Lipinski definition) is 3. The summed E-state index contributed by atoms with van der Waals surface area (Å²) in [6.45, 7) is 13.3. The number of hydrogen-bond donors (Lipinski definition) is 1. The van der Waals surface area contributed by atoms with E-state index < -0.39 is 0 Å². The highest BCUT2D eigenvalue weighted by Crippen LogP contribution is 2.65. The fraction of sp³-hybridized carbons (Fsp3) is 0.696. The predicted molar refractivity (Wildman–Crippen MR) is 112 cm³/mol. The minimum atomic E-state index is -0.375. The molecular formula is C23H34BNO3. The topological polar surface area (TPSA) is 47.6 Å². The van der Waals surface area contributed by atoms with Crippen LogP contribution in [0.4, 0.5) is 0 Å². The smallest absolute Gasteiger partial charge is 0.404 e. The second-order valence-corrected chi connectivity index (χ2v) is 10.4. The highest BCUT2D eigenvalue weighted by molar-refractivity contribution is 6.48. The summed E-state index contributed by atoms with van der Waals surface area (Å²) < 4.78 is 13.1. The van der Waals surface area contributed by atoms with Crippen LogP contribution in [0.15, 0.2) is 24.3 Å². The van der Waals surface area contributed by atoms with Crippen LogP contribution >= 0.6 is 0 Å². The molecule has 3 aliphatic carbocycles. The maximum Gasteiger partial charge on any atom is 0.481 e. The quantitative estimate of drug-likeness (QED) is 0.767. The number of benzene rings is 1. The van der Waals surface area contributed by atoms with Gasteiger partial charge < -0.3 is 14.6 Å². The minimum absolute atomic E-state index is 0.0411. The summed E-state index contributed by atoms with van der Waals surface area (Å²) in [5.41, 5.74) is 1.79. The first kappa shape index (κ1) is 20.0. The number of carbonyl (C=O) groups is 1. The van der Waals surface area contributed by atoms with E-state index in [2.05, 4.69) is 39.9 Å². The average Bonchev–Trinajstić information content (AvgIpc) is 2.98. The van der Waals surface area contributed by atoms with Crippen molar-refractivity contribution in [3.63, 3.8) is 0 Å². The summed E-state index contributed by atoms with van der Waals surface area (Å²) in [5.74, 6) is 1.51. The van der Waals surface area contributed by atoms with Crippen molar-refractivity contribution in [2.75, 3.05) is 0 Å². The van der Waals surface area contributed by atoms with E-state index in [9.17, 15) is 4.79 Å². The molecule has 4 nitrogen and oxygen atoms in total. The van der Waals surface area contributed by atoms with Crippen molar-refractivity contribution in [1.82, 2.24) is 5.32 Å². The van der Waals surface area contributed by atoms with Gasteiger partial charge in [-0.2, -0.15) is 0 Å². The lowest BCUT2D eigenvalue weighted by Gasteiger charge is -2.64. The van der Waals surface area contributed by atoms with E-state index in [1.165, 1.54) is 6.42 Å². The van der Waals surface area contributed by atoms with Crippen LogP contribution in [-0.4, -0.2) is 30.7 Å². The highest BCUT2D eigenvalue weighted by atomic mass is 16.7. The van der Waals surface area contributed by atoms with Crippen molar-refractivity contribution in [2.45, 2.75) is 78.5 Å². The summed E-state index contributed by atoms with van der Waals surface area (Å²) in [6.07, 6.45) is 3.28. The molecule has 0 spiro atoms. The molecule has 152 valence electrons. The molecule has 1 aliphatic heterocycles. The number of amides is 1. The third-order valence-corrected chi connectivity index (χ3v) is 7.73. The molecule has 1 amide bonds. The molecule has 5 heteroatoms. The first-order valence-corrected chi connectivity index (χ1v) is 10.8. The van der Waals surface area contributed by atoms with Crippen LogP contribution in [0.25, 0.3) is 0 Å². The van der Waals surface area contributed by atoms with Gasteiger partial charge in [-0.1, -0.05) is 45.9 Å². The van der Waals surface area contributed by atoms with Crippen LogP contribution in [0.1, 0.15) is 69.8 Å². The number of aryl methyl sites for hydroxylation is 1. The number of rotatable bonds is 5. The molecule has 3 saturated carbocycles. The lowest BCUT2D eigenvalue weighted by atomic mass is 9.43. The van der Waals surface area contributed by atoms with Crippen LogP contribution in [-0.2, 0) is 9.31 Å². The van der Waals surface area contributed by atoms with Crippen molar-refractivity contribution in [1.29, 1.82) is 0 Å². The van der Waals surface area contributed by atoms with E-state index in [0.717, 1.165) is 29.9 Å². The maximum atomic E-state index is 13.0. The average molecular weight is 383 g/mol. The van der Waals surface area contributed by atoms with E-state index in [4.69, 9.17) is 9.31 Å². The van der Waals surface area contributed by atoms with Gasteiger partial charge in [0.2, 0.25) is 0 Å². The molecule has 1 N–H and O–H groups in total. The monoisotopic (exact) mass is 383 g/mol. The Kier molecular flexibility index (Phi) is 4.90. The van der Waals surface area contributed by atoms with Gasteiger partial charge in [0.15, 0.2) is 0 Å². The zero-order valence-electron chi connectivity index (χ0n) is 18.1. The summed E-state index contributed by atoms with van der Waals surface area (Å²) in [6, 6.07) is 7.72. The summed E-state index contributed by atoms with van der Waals surface area (Å²) >= 11 is 0. The standard InChI is InChI=1S/C23H34BNO3/c1-14(2)11-20(25-21(26)17-10-8-7-9-15(17)3)24-27-19-13-16-12-18(22(16,4)5)23(19,6)28-24/h7-10,14,16,18-20H,11-13H2,1-6H3,(H,25,26)/t16?,18?,19-,20+,23+/m1/s1. The molecule has 2 unspecified atom stereocenters. The second-order valence-electron chi connectivity index (χ2n) is 10.4. The van der Waals surface area contributed by atoms with Crippen LogP contribution in [0, 0.1) is 30.1 Å². The Balaban J connectivity index is 1.53. The molecule has 1 aromatic rings. The Morgan fingerprint density at radius 3 is 2.61 bits per heavy atom. The van der Waals surface area contributed by atoms with E-state index in [0.29, 0.717) is 17.3 Å². The van der Waals surface area contributed by atoms with Crippen LogP contribution in [0.3, 0.4) is 0 Å². The van der Waals surface area contributed by atoms with Gasteiger partial charge in [-0.15, -0.1) is 0 Å². The summed E-state index contributed by atoms with van der Waals surface area (Å²) in [5, 5.41) is 3.23. The first-order chi connectivity index (χ1) is 13.1. The largest absolute Gasteiger partial charge is 0.481 e. The predicted octanol–water partition coefficient (Wildman–Crippen LogP) is 4.41. The van der Waals surface area contributed by atoms with E-state index in [-0.39, 0.29) is 30.7 Å². The van der Waals surface area contributed by atoms with Gasteiger partial charge in [-0.3, -0.25) is 4.79 Å². The first-order valence-electron chi connectivity index (χ1n) is 10.8. The SMILES string of the molecule is Cc1ccccc1C(=O)N[C@@H](CC(C)C)B1O[C@@H]2CC3CC(C3(C)C)[C@]2(C)O1. The van der Waals surface area contributed by atoms with Gasteiger partial charge in [0.1, 0.15) is 0 Å². The van der Waals surface area contributed by atoms with Crippen molar-refractivity contribution >= 4 is 13.0 Å². The van der Waals surface area contributed by atoms with Gasteiger partial charge in [-0.05, 0) is 67.9 Å². The second kappa shape index (κ2) is 6.88. The molecule has 28 heavy (non-hydrogen) atoms. The zero-order chi connectivity index (χ0) is 20.3. The van der Waals surface area contributed by atoms with Gasteiger partial charge in [0.25, 0.3) is 5.91 Å². The van der Waals surface area contributed by atoms with Crippen LogP contribution in [0.5, 0.6) is 0 Å². The Morgan fingerprint density at radius 1 is 1.25 bits per heavy atom. The van der Waals surface area contributed by atoms with Crippen molar-refractivity contribution in [3.05, 3.63) is 35.4 Å². The summed E-state index contributed by atoms with van der Waals surface area (Å²) in [4.78, 5) is 13.0. The third kappa shape index (κ3) is 3.11.